The summed E-state index contributed by atoms with van der Waals surface area (Å²) in [6.45, 7) is 9.00. The molecule has 0 aromatic heterocycles. The molecule has 0 radical (unpaired) electrons. The SMILES string of the molecule is CC(C)c1ccccc1C(C)C.CF. The average Bonchev–Trinajstić information content (AvgIpc) is 2.20. The fourth-order valence-electron chi connectivity index (χ4n) is 1.56. The lowest BCUT2D eigenvalue weighted by molar-refractivity contribution is 0.636. The zero-order valence-corrected chi connectivity index (χ0v) is 9.84. The molecule has 0 aliphatic rings. The average molecular weight is 196 g/mol. The molecule has 0 bridgehead atoms. The molecular weight excluding hydrogens is 175 g/mol. The van der Waals surface area contributed by atoms with Gasteiger partial charge in [0.15, 0.2) is 0 Å². The molecule has 0 saturated carbocycles. The van der Waals surface area contributed by atoms with Crippen LogP contribution >= 0.6 is 0 Å². The van der Waals surface area contributed by atoms with Crippen LogP contribution in [0.1, 0.15) is 50.7 Å². The minimum atomic E-state index is 0.500. The summed E-state index contributed by atoms with van der Waals surface area (Å²) in [6.07, 6.45) is 0. The summed E-state index contributed by atoms with van der Waals surface area (Å²) in [5, 5.41) is 0. The molecule has 1 aromatic rings. The van der Waals surface area contributed by atoms with Gasteiger partial charge in [-0.25, -0.2) is 0 Å². The van der Waals surface area contributed by atoms with Gasteiger partial charge in [0, 0.05) is 0 Å². The summed E-state index contributed by atoms with van der Waals surface area (Å²) in [4.78, 5) is 0. The van der Waals surface area contributed by atoms with Crippen molar-refractivity contribution in [2.24, 2.45) is 0 Å². The predicted octanol–water partition coefficient (Wildman–Crippen LogP) is 4.52. The molecule has 1 aromatic carbocycles. The summed E-state index contributed by atoms with van der Waals surface area (Å²) in [5.74, 6) is 1.28. The number of hydrogen-bond donors (Lipinski definition) is 0. The zero-order valence-electron chi connectivity index (χ0n) is 9.84. The predicted molar refractivity (Wildman–Crippen MR) is 61.7 cm³/mol. The van der Waals surface area contributed by atoms with E-state index in [9.17, 15) is 4.39 Å². The van der Waals surface area contributed by atoms with Crippen LogP contribution in [0.4, 0.5) is 4.39 Å². The van der Waals surface area contributed by atoms with Crippen molar-refractivity contribution in [1.29, 1.82) is 0 Å². The van der Waals surface area contributed by atoms with Crippen molar-refractivity contribution in [1.82, 2.24) is 0 Å². The second kappa shape index (κ2) is 6.58. The molecule has 80 valence electrons. The highest BCUT2D eigenvalue weighted by Crippen LogP contribution is 2.25. The fourth-order valence-corrected chi connectivity index (χ4v) is 1.56. The minimum absolute atomic E-state index is 0.500. The third kappa shape index (κ3) is 3.49. The van der Waals surface area contributed by atoms with Crippen LogP contribution in [0.2, 0.25) is 0 Å². The van der Waals surface area contributed by atoms with Crippen LogP contribution in [0.5, 0.6) is 0 Å². The number of halogens is 1. The van der Waals surface area contributed by atoms with Gasteiger partial charge in [-0.2, -0.15) is 0 Å². The van der Waals surface area contributed by atoms with E-state index in [0.29, 0.717) is 19.0 Å². The first-order chi connectivity index (χ1) is 6.63. The highest BCUT2D eigenvalue weighted by molar-refractivity contribution is 5.31. The van der Waals surface area contributed by atoms with Crippen molar-refractivity contribution in [3.63, 3.8) is 0 Å². The Bertz CT molecular complexity index is 224. The smallest absolute Gasteiger partial charge is 0.0785 e. The van der Waals surface area contributed by atoms with E-state index in [1.807, 2.05) is 0 Å². The summed E-state index contributed by atoms with van der Waals surface area (Å²) in [6, 6.07) is 8.72. The van der Waals surface area contributed by atoms with Crippen molar-refractivity contribution in [2.45, 2.75) is 39.5 Å². The monoisotopic (exact) mass is 196 g/mol. The normalized spacial score (nSPS) is 10.0. The Kier molecular flexibility index (Phi) is 6.18. The standard InChI is InChI=1S/C12H18.CH3F/c1-9(2)11-7-5-6-8-12(11)10(3)4;1-2/h5-10H,1-4H3;1H3. The Labute approximate surface area is 87.2 Å². The van der Waals surface area contributed by atoms with Crippen LogP contribution in [0.15, 0.2) is 24.3 Å². The number of alkyl halides is 1. The molecule has 14 heavy (non-hydrogen) atoms. The first-order valence-electron chi connectivity index (χ1n) is 5.09. The lowest BCUT2D eigenvalue weighted by Gasteiger charge is -2.14. The lowest BCUT2D eigenvalue weighted by Crippen LogP contribution is -1.97. The maximum atomic E-state index is 9.50. The molecule has 0 heterocycles. The molecule has 0 spiro atoms. The van der Waals surface area contributed by atoms with Crippen molar-refractivity contribution in [3.05, 3.63) is 35.4 Å². The third-order valence-electron chi connectivity index (χ3n) is 2.24. The Morgan fingerprint density at radius 1 is 0.786 bits per heavy atom. The van der Waals surface area contributed by atoms with Gasteiger partial charge in [-0.05, 0) is 23.0 Å². The molecule has 0 aliphatic heterocycles. The van der Waals surface area contributed by atoms with Gasteiger partial charge in [-0.3, -0.25) is 4.39 Å². The van der Waals surface area contributed by atoms with Gasteiger partial charge in [0.2, 0.25) is 0 Å². The van der Waals surface area contributed by atoms with Crippen molar-refractivity contribution in [3.8, 4) is 0 Å². The van der Waals surface area contributed by atoms with Crippen LogP contribution in [0.3, 0.4) is 0 Å². The molecule has 0 unspecified atom stereocenters. The zero-order chi connectivity index (χ0) is 11.1. The molecule has 0 saturated heterocycles. The second-order valence-electron chi connectivity index (χ2n) is 3.94. The maximum Gasteiger partial charge on any atom is 0.0785 e. The van der Waals surface area contributed by atoms with E-state index in [-0.39, 0.29) is 0 Å². The topological polar surface area (TPSA) is 0 Å². The first-order valence-corrected chi connectivity index (χ1v) is 5.09. The Morgan fingerprint density at radius 3 is 1.29 bits per heavy atom. The minimum Gasteiger partial charge on any atom is -0.255 e. The first kappa shape index (κ1) is 13.2. The van der Waals surface area contributed by atoms with E-state index >= 15 is 0 Å². The Morgan fingerprint density at radius 2 is 1.07 bits per heavy atom. The largest absolute Gasteiger partial charge is 0.255 e. The van der Waals surface area contributed by atoms with Crippen molar-refractivity contribution >= 4 is 0 Å². The lowest BCUT2D eigenvalue weighted by atomic mass is 9.91. The van der Waals surface area contributed by atoms with E-state index in [2.05, 4.69) is 52.0 Å². The van der Waals surface area contributed by atoms with Gasteiger partial charge in [-0.1, -0.05) is 52.0 Å². The summed E-state index contributed by atoms with van der Waals surface area (Å²) < 4.78 is 9.50. The van der Waals surface area contributed by atoms with Gasteiger partial charge in [0.05, 0.1) is 7.18 Å². The molecule has 0 fully saturated rings. The van der Waals surface area contributed by atoms with Crippen LogP contribution < -0.4 is 0 Å². The summed E-state index contributed by atoms with van der Waals surface area (Å²) in [7, 11) is 0.500. The van der Waals surface area contributed by atoms with Crippen molar-refractivity contribution < 1.29 is 4.39 Å². The van der Waals surface area contributed by atoms with Crippen LogP contribution in [0, 0.1) is 0 Å². The van der Waals surface area contributed by atoms with E-state index in [0.717, 1.165) is 0 Å². The molecule has 0 aliphatic carbocycles. The van der Waals surface area contributed by atoms with Gasteiger partial charge < -0.3 is 0 Å². The van der Waals surface area contributed by atoms with Gasteiger partial charge >= 0.3 is 0 Å². The van der Waals surface area contributed by atoms with E-state index in [1.165, 1.54) is 11.1 Å². The summed E-state index contributed by atoms with van der Waals surface area (Å²) in [5.41, 5.74) is 2.99. The highest BCUT2D eigenvalue weighted by atomic mass is 19.1. The molecule has 0 nitrogen and oxygen atoms in total. The van der Waals surface area contributed by atoms with Crippen molar-refractivity contribution in [2.75, 3.05) is 7.18 Å². The molecule has 0 atom stereocenters. The molecule has 0 N–H and O–H groups in total. The number of hydrogen-bond acceptors (Lipinski definition) is 0. The van der Waals surface area contributed by atoms with E-state index in [4.69, 9.17) is 0 Å². The van der Waals surface area contributed by atoms with Crippen LogP contribution in [-0.4, -0.2) is 7.18 Å². The van der Waals surface area contributed by atoms with Gasteiger partial charge in [-0.15, -0.1) is 0 Å². The third-order valence-corrected chi connectivity index (χ3v) is 2.24. The summed E-state index contributed by atoms with van der Waals surface area (Å²) >= 11 is 0. The molecule has 1 rings (SSSR count). The van der Waals surface area contributed by atoms with E-state index < -0.39 is 0 Å². The quantitative estimate of drug-likeness (QED) is 0.652. The molecular formula is C13H21F. The van der Waals surface area contributed by atoms with E-state index in [1.54, 1.807) is 0 Å². The molecule has 0 amide bonds. The second-order valence-corrected chi connectivity index (χ2v) is 3.94. The van der Waals surface area contributed by atoms with Gasteiger partial charge in [0.25, 0.3) is 0 Å². The Hall–Kier alpha value is -0.850. The molecule has 1 heteroatoms. The fraction of sp³-hybridized carbons (Fsp3) is 0.538. The Balaban J connectivity index is 0.000000791. The van der Waals surface area contributed by atoms with Gasteiger partial charge in [0.1, 0.15) is 0 Å². The number of rotatable bonds is 2. The maximum absolute atomic E-state index is 9.50. The number of benzene rings is 1. The van der Waals surface area contributed by atoms with Crippen LogP contribution in [-0.2, 0) is 0 Å². The highest BCUT2D eigenvalue weighted by Gasteiger charge is 2.07. The van der Waals surface area contributed by atoms with Crippen LogP contribution in [0.25, 0.3) is 0 Å².